The van der Waals surface area contributed by atoms with Crippen molar-refractivity contribution in [2.45, 2.75) is 5.16 Å². The van der Waals surface area contributed by atoms with Crippen LogP contribution in [0.5, 0.6) is 5.75 Å². The highest BCUT2D eigenvalue weighted by Crippen LogP contribution is 2.33. The Morgan fingerprint density at radius 1 is 0.852 bits per heavy atom. The molecule has 4 aromatic rings. The summed E-state index contributed by atoms with van der Waals surface area (Å²) in [5.41, 5.74) is 3.43. The van der Waals surface area contributed by atoms with Gasteiger partial charge in [-0.1, -0.05) is 66.4 Å². The van der Waals surface area contributed by atoms with E-state index in [-0.39, 0.29) is 0 Å². The van der Waals surface area contributed by atoms with Crippen LogP contribution in [0.2, 0.25) is 0 Å². The van der Waals surface area contributed by atoms with Gasteiger partial charge in [-0.15, -0.1) is 0 Å². The number of hydrogen-bond donors (Lipinski definition) is 0. The minimum Gasteiger partial charge on any atom is -0.497 e. The molecule has 1 heterocycles. The fourth-order valence-electron chi connectivity index (χ4n) is 2.98. The molecule has 0 spiro atoms. The van der Waals surface area contributed by atoms with Crippen molar-refractivity contribution in [3.8, 4) is 5.75 Å². The van der Waals surface area contributed by atoms with E-state index in [4.69, 9.17) is 4.74 Å². The molecule has 132 valence electrons. The van der Waals surface area contributed by atoms with Gasteiger partial charge < -0.3 is 4.74 Å². The smallest absolute Gasteiger partial charge is 0.191 e. The predicted octanol–water partition coefficient (Wildman–Crippen LogP) is 5.82. The molecule has 0 N–H and O–H groups in total. The predicted molar refractivity (Wildman–Crippen MR) is 112 cm³/mol. The normalized spacial score (nSPS) is 11.5. The van der Waals surface area contributed by atoms with Crippen molar-refractivity contribution in [1.29, 1.82) is 0 Å². The van der Waals surface area contributed by atoms with Gasteiger partial charge in [0.05, 0.1) is 7.11 Å². The quantitative estimate of drug-likeness (QED) is 0.327. The Balaban J connectivity index is 1.84. The fraction of sp³-hybridized carbons (Fsp3) is 0.0435. The zero-order valence-electron chi connectivity index (χ0n) is 14.9. The van der Waals surface area contributed by atoms with Gasteiger partial charge in [0, 0.05) is 12.4 Å². The molecule has 0 saturated heterocycles. The van der Waals surface area contributed by atoms with Gasteiger partial charge in [0.15, 0.2) is 5.16 Å². The molecule has 0 fully saturated rings. The molecule has 1 aromatic heterocycles. The number of aromatic nitrogens is 2. The van der Waals surface area contributed by atoms with E-state index in [1.54, 1.807) is 19.5 Å². The van der Waals surface area contributed by atoms with Gasteiger partial charge in [0.2, 0.25) is 0 Å². The SMILES string of the molecule is COc1ccc(/C(=C\Sc2ncccn2)c2cccc3ccccc23)cc1. The highest BCUT2D eigenvalue weighted by Gasteiger charge is 2.10. The van der Waals surface area contributed by atoms with Crippen LogP contribution in [0, 0.1) is 0 Å². The van der Waals surface area contributed by atoms with Gasteiger partial charge in [0.25, 0.3) is 0 Å². The van der Waals surface area contributed by atoms with E-state index in [9.17, 15) is 0 Å². The van der Waals surface area contributed by atoms with Crippen molar-refractivity contribution in [1.82, 2.24) is 9.97 Å². The average Bonchev–Trinajstić information content (AvgIpc) is 2.75. The van der Waals surface area contributed by atoms with Crippen LogP contribution >= 0.6 is 11.8 Å². The molecule has 0 radical (unpaired) electrons. The molecule has 0 atom stereocenters. The number of thioether (sulfide) groups is 1. The topological polar surface area (TPSA) is 35.0 Å². The summed E-state index contributed by atoms with van der Waals surface area (Å²) < 4.78 is 5.31. The zero-order valence-corrected chi connectivity index (χ0v) is 15.7. The van der Waals surface area contributed by atoms with E-state index in [2.05, 4.69) is 70.0 Å². The van der Waals surface area contributed by atoms with Crippen molar-refractivity contribution in [3.05, 3.63) is 102 Å². The summed E-state index contributed by atoms with van der Waals surface area (Å²) in [6.07, 6.45) is 3.52. The molecule has 27 heavy (non-hydrogen) atoms. The summed E-state index contributed by atoms with van der Waals surface area (Å²) in [6.45, 7) is 0. The summed E-state index contributed by atoms with van der Waals surface area (Å²) in [6, 6.07) is 24.8. The molecule has 0 unspecified atom stereocenters. The van der Waals surface area contributed by atoms with Crippen molar-refractivity contribution in [2.24, 2.45) is 0 Å². The summed E-state index contributed by atoms with van der Waals surface area (Å²) >= 11 is 1.52. The number of ether oxygens (including phenoxy) is 1. The summed E-state index contributed by atoms with van der Waals surface area (Å²) in [7, 11) is 1.68. The van der Waals surface area contributed by atoms with Crippen LogP contribution in [0.1, 0.15) is 11.1 Å². The molecule has 0 saturated carbocycles. The second-order valence-corrected chi connectivity index (χ2v) is 6.77. The Kier molecular flexibility index (Phi) is 5.17. The summed E-state index contributed by atoms with van der Waals surface area (Å²) in [4.78, 5) is 8.63. The molecule has 0 bridgehead atoms. The maximum atomic E-state index is 5.31. The molecule has 0 aliphatic heterocycles. The molecule has 0 aliphatic carbocycles. The second kappa shape index (κ2) is 8.06. The van der Waals surface area contributed by atoms with Crippen LogP contribution in [-0.4, -0.2) is 17.1 Å². The summed E-state index contributed by atoms with van der Waals surface area (Å²) in [5.74, 6) is 0.843. The van der Waals surface area contributed by atoms with E-state index < -0.39 is 0 Å². The minimum absolute atomic E-state index is 0.726. The minimum atomic E-state index is 0.726. The lowest BCUT2D eigenvalue weighted by molar-refractivity contribution is 0.415. The third kappa shape index (κ3) is 3.86. The monoisotopic (exact) mass is 370 g/mol. The lowest BCUT2D eigenvalue weighted by Crippen LogP contribution is -1.91. The molecular weight excluding hydrogens is 352 g/mol. The Hall–Kier alpha value is -3.11. The molecule has 4 heteroatoms. The molecule has 3 aromatic carbocycles. The van der Waals surface area contributed by atoms with Crippen LogP contribution in [0.3, 0.4) is 0 Å². The number of nitrogens with zero attached hydrogens (tertiary/aromatic N) is 2. The third-order valence-corrected chi connectivity index (χ3v) is 5.08. The van der Waals surface area contributed by atoms with E-state index in [0.29, 0.717) is 0 Å². The highest BCUT2D eigenvalue weighted by atomic mass is 32.2. The first kappa shape index (κ1) is 17.3. The highest BCUT2D eigenvalue weighted by molar-refractivity contribution is 8.02. The number of rotatable bonds is 5. The van der Waals surface area contributed by atoms with Crippen LogP contribution in [0.25, 0.3) is 16.3 Å². The van der Waals surface area contributed by atoms with Crippen LogP contribution in [-0.2, 0) is 0 Å². The van der Waals surface area contributed by atoms with E-state index in [1.807, 2.05) is 18.2 Å². The average molecular weight is 370 g/mol. The zero-order chi connectivity index (χ0) is 18.5. The number of benzene rings is 3. The van der Waals surface area contributed by atoms with Gasteiger partial charge >= 0.3 is 0 Å². The Bertz CT molecular complexity index is 1070. The molecular formula is C23H18N2OS. The molecule has 0 amide bonds. The van der Waals surface area contributed by atoms with E-state index in [0.717, 1.165) is 22.0 Å². The Morgan fingerprint density at radius 3 is 2.37 bits per heavy atom. The lowest BCUT2D eigenvalue weighted by atomic mass is 9.94. The van der Waals surface area contributed by atoms with Gasteiger partial charge in [-0.2, -0.15) is 0 Å². The van der Waals surface area contributed by atoms with Gasteiger partial charge in [-0.05, 0) is 51.1 Å². The number of hydrogen-bond acceptors (Lipinski definition) is 4. The van der Waals surface area contributed by atoms with Gasteiger partial charge in [-0.3, -0.25) is 0 Å². The largest absolute Gasteiger partial charge is 0.497 e. The Labute approximate surface area is 162 Å². The lowest BCUT2D eigenvalue weighted by Gasteiger charge is -2.12. The molecule has 0 aliphatic rings. The summed E-state index contributed by atoms with van der Waals surface area (Å²) in [5, 5.41) is 5.29. The van der Waals surface area contributed by atoms with Gasteiger partial charge in [0.1, 0.15) is 5.75 Å². The number of methoxy groups -OCH3 is 1. The Morgan fingerprint density at radius 2 is 1.59 bits per heavy atom. The standard InChI is InChI=1S/C23H18N2OS/c1-26-19-12-10-18(11-13-19)22(16-27-23-24-14-5-15-25-23)21-9-4-7-17-6-2-3-8-20(17)21/h2-16H,1H3/b22-16+. The van der Waals surface area contributed by atoms with E-state index in [1.165, 1.54) is 28.1 Å². The third-order valence-electron chi connectivity index (χ3n) is 4.31. The fourth-order valence-corrected chi connectivity index (χ4v) is 3.71. The first-order valence-corrected chi connectivity index (χ1v) is 9.49. The second-order valence-electron chi connectivity index (χ2n) is 5.94. The van der Waals surface area contributed by atoms with Crippen molar-refractivity contribution in [2.75, 3.05) is 7.11 Å². The first-order valence-electron chi connectivity index (χ1n) is 8.61. The van der Waals surface area contributed by atoms with E-state index >= 15 is 0 Å². The van der Waals surface area contributed by atoms with Crippen molar-refractivity contribution in [3.63, 3.8) is 0 Å². The van der Waals surface area contributed by atoms with Crippen molar-refractivity contribution >= 4 is 28.1 Å². The maximum Gasteiger partial charge on any atom is 0.191 e. The van der Waals surface area contributed by atoms with Crippen LogP contribution < -0.4 is 4.74 Å². The first-order chi connectivity index (χ1) is 13.3. The maximum absolute atomic E-state index is 5.31. The van der Waals surface area contributed by atoms with Crippen molar-refractivity contribution < 1.29 is 4.74 Å². The van der Waals surface area contributed by atoms with Crippen LogP contribution in [0.4, 0.5) is 0 Å². The van der Waals surface area contributed by atoms with Crippen LogP contribution in [0.15, 0.2) is 95.8 Å². The van der Waals surface area contributed by atoms with Gasteiger partial charge in [-0.25, -0.2) is 9.97 Å². The molecule has 4 rings (SSSR count). The molecule has 3 nitrogen and oxygen atoms in total. The number of fused-ring (bicyclic) bond motifs is 1.